The monoisotopic (exact) mass is 116 g/mol. The van der Waals surface area contributed by atoms with Crippen LogP contribution in [0, 0.1) is 0 Å². The lowest BCUT2D eigenvalue weighted by Gasteiger charge is -1.88. The molecule has 50 valence electrons. The van der Waals surface area contributed by atoms with Crippen LogP contribution in [0.5, 0.6) is 0 Å². The van der Waals surface area contributed by atoms with Gasteiger partial charge in [-0.1, -0.05) is 19.9 Å². The Morgan fingerprint density at radius 3 is 2.12 bits per heavy atom. The predicted octanol–water partition coefficient (Wildman–Crippen LogP) is 2.24. The Bertz CT molecular complexity index is 33.4. The van der Waals surface area contributed by atoms with Gasteiger partial charge in [0.2, 0.25) is 0 Å². The molecule has 0 amide bonds. The molecule has 0 aliphatic rings. The molecule has 0 saturated heterocycles. The second-order valence-corrected chi connectivity index (χ2v) is 0.948. The zero-order valence-electron chi connectivity index (χ0n) is 6.11. The summed E-state index contributed by atoms with van der Waals surface area (Å²) in [6.07, 6.45) is 1.74. The highest BCUT2D eigenvalue weighted by Crippen LogP contribution is 1.69. The SMILES string of the molecule is C=CCOCC.CC. The Hall–Kier alpha value is -0.300. The molecule has 0 rings (SSSR count). The summed E-state index contributed by atoms with van der Waals surface area (Å²) < 4.78 is 4.86. The van der Waals surface area contributed by atoms with Gasteiger partial charge in [0.05, 0.1) is 6.61 Å². The topological polar surface area (TPSA) is 9.23 Å². The van der Waals surface area contributed by atoms with Crippen LogP contribution in [-0.2, 0) is 4.74 Å². The molecule has 1 heteroatoms. The number of hydrogen-bond donors (Lipinski definition) is 0. The molecule has 0 spiro atoms. The van der Waals surface area contributed by atoms with E-state index < -0.39 is 0 Å². The third-order valence-corrected chi connectivity index (χ3v) is 0.440. The van der Waals surface area contributed by atoms with Crippen LogP contribution in [0.3, 0.4) is 0 Å². The van der Waals surface area contributed by atoms with Crippen LogP contribution in [0.25, 0.3) is 0 Å². The first-order valence-electron chi connectivity index (χ1n) is 3.10. The van der Waals surface area contributed by atoms with E-state index in [0.717, 1.165) is 6.61 Å². The van der Waals surface area contributed by atoms with Gasteiger partial charge in [-0.05, 0) is 6.92 Å². The number of rotatable bonds is 3. The first kappa shape index (κ1) is 10.6. The molecular formula is C7H16O. The van der Waals surface area contributed by atoms with Gasteiger partial charge in [-0.2, -0.15) is 0 Å². The number of hydrogen-bond acceptors (Lipinski definition) is 1. The minimum atomic E-state index is 0.677. The second-order valence-electron chi connectivity index (χ2n) is 0.948. The lowest BCUT2D eigenvalue weighted by Crippen LogP contribution is -1.86. The van der Waals surface area contributed by atoms with E-state index in [1.165, 1.54) is 0 Å². The molecule has 1 nitrogen and oxygen atoms in total. The third kappa shape index (κ3) is 17.3. The molecule has 0 heterocycles. The van der Waals surface area contributed by atoms with E-state index in [1.807, 2.05) is 20.8 Å². The summed E-state index contributed by atoms with van der Waals surface area (Å²) in [6, 6.07) is 0. The fourth-order valence-electron chi connectivity index (χ4n) is 0.201. The fraction of sp³-hybridized carbons (Fsp3) is 0.714. The minimum Gasteiger partial charge on any atom is -0.378 e. The summed E-state index contributed by atoms with van der Waals surface area (Å²) in [7, 11) is 0. The molecule has 0 aromatic carbocycles. The molecule has 0 aromatic heterocycles. The lowest BCUT2D eigenvalue weighted by molar-refractivity contribution is 0.178. The molecule has 0 aliphatic heterocycles. The molecule has 0 unspecified atom stereocenters. The molecule has 0 N–H and O–H groups in total. The first-order chi connectivity index (χ1) is 3.91. The van der Waals surface area contributed by atoms with Crippen LogP contribution in [0.15, 0.2) is 12.7 Å². The smallest absolute Gasteiger partial charge is 0.0644 e. The van der Waals surface area contributed by atoms with Crippen molar-refractivity contribution in [2.24, 2.45) is 0 Å². The van der Waals surface area contributed by atoms with E-state index >= 15 is 0 Å². The summed E-state index contributed by atoms with van der Waals surface area (Å²) in [4.78, 5) is 0. The highest BCUT2D eigenvalue weighted by Gasteiger charge is 1.67. The highest BCUT2D eigenvalue weighted by atomic mass is 16.5. The summed E-state index contributed by atoms with van der Waals surface area (Å²) in [5.74, 6) is 0. The Morgan fingerprint density at radius 2 is 2.00 bits per heavy atom. The van der Waals surface area contributed by atoms with Gasteiger partial charge < -0.3 is 4.74 Å². The van der Waals surface area contributed by atoms with Gasteiger partial charge in [-0.3, -0.25) is 0 Å². The minimum absolute atomic E-state index is 0.677. The maximum absolute atomic E-state index is 4.86. The van der Waals surface area contributed by atoms with Crippen molar-refractivity contribution in [3.63, 3.8) is 0 Å². The molecular weight excluding hydrogens is 100 g/mol. The van der Waals surface area contributed by atoms with Gasteiger partial charge in [-0.15, -0.1) is 6.58 Å². The average molecular weight is 116 g/mol. The Morgan fingerprint density at radius 1 is 1.50 bits per heavy atom. The van der Waals surface area contributed by atoms with Crippen molar-refractivity contribution in [3.05, 3.63) is 12.7 Å². The predicted molar refractivity (Wildman–Crippen MR) is 38.0 cm³/mol. The fourth-order valence-corrected chi connectivity index (χ4v) is 0.201. The molecule has 0 bridgehead atoms. The van der Waals surface area contributed by atoms with Gasteiger partial charge in [0.1, 0.15) is 0 Å². The van der Waals surface area contributed by atoms with Crippen molar-refractivity contribution < 1.29 is 4.74 Å². The molecule has 0 aromatic rings. The normalized spacial score (nSPS) is 6.88. The molecule has 0 atom stereocenters. The van der Waals surface area contributed by atoms with Gasteiger partial charge >= 0.3 is 0 Å². The molecule has 8 heavy (non-hydrogen) atoms. The first-order valence-corrected chi connectivity index (χ1v) is 3.10. The summed E-state index contributed by atoms with van der Waals surface area (Å²) in [5.41, 5.74) is 0. The Kier molecular flexibility index (Phi) is 21.1. The number of ether oxygens (including phenoxy) is 1. The van der Waals surface area contributed by atoms with Crippen LogP contribution < -0.4 is 0 Å². The lowest BCUT2D eigenvalue weighted by atomic mass is 10.7. The van der Waals surface area contributed by atoms with Crippen molar-refractivity contribution in [3.8, 4) is 0 Å². The Labute approximate surface area is 52.4 Å². The third-order valence-electron chi connectivity index (χ3n) is 0.440. The van der Waals surface area contributed by atoms with Gasteiger partial charge in [-0.25, -0.2) is 0 Å². The summed E-state index contributed by atoms with van der Waals surface area (Å²) in [6.45, 7) is 10.9. The van der Waals surface area contributed by atoms with Gasteiger partial charge in [0.25, 0.3) is 0 Å². The quantitative estimate of drug-likeness (QED) is 0.406. The van der Waals surface area contributed by atoms with E-state index in [1.54, 1.807) is 6.08 Å². The van der Waals surface area contributed by atoms with Gasteiger partial charge in [0.15, 0.2) is 0 Å². The van der Waals surface area contributed by atoms with Crippen molar-refractivity contribution in [1.82, 2.24) is 0 Å². The standard InChI is InChI=1S/C5H10O.C2H6/c1-3-5-6-4-2;1-2/h3H,1,4-5H2,2H3;1-2H3. The van der Waals surface area contributed by atoms with Crippen LogP contribution in [0.2, 0.25) is 0 Å². The van der Waals surface area contributed by atoms with E-state index in [9.17, 15) is 0 Å². The van der Waals surface area contributed by atoms with E-state index in [-0.39, 0.29) is 0 Å². The van der Waals surface area contributed by atoms with Crippen LogP contribution in [-0.4, -0.2) is 13.2 Å². The van der Waals surface area contributed by atoms with Crippen molar-refractivity contribution in [1.29, 1.82) is 0 Å². The zero-order chi connectivity index (χ0) is 6.83. The molecule has 0 radical (unpaired) electrons. The van der Waals surface area contributed by atoms with Crippen LogP contribution in [0.4, 0.5) is 0 Å². The van der Waals surface area contributed by atoms with Crippen molar-refractivity contribution in [2.45, 2.75) is 20.8 Å². The molecule has 0 saturated carbocycles. The van der Waals surface area contributed by atoms with E-state index in [2.05, 4.69) is 6.58 Å². The van der Waals surface area contributed by atoms with Crippen LogP contribution >= 0.6 is 0 Å². The van der Waals surface area contributed by atoms with E-state index in [0.29, 0.717) is 6.61 Å². The summed E-state index contributed by atoms with van der Waals surface area (Å²) >= 11 is 0. The van der Waals surface area contributed by atoms with Gasteiger partial charge in [0, 0.05) is 6.61 Å². The zero-order valence-corrected chi connectivity index (χ0v) is 6.11. The largest absolute Gasteiger partial charge is 0.378 e. The maximum Gasteiger partial charge on any atom is 0.0644 e. The maximum atomic E-state index is 4.86. The highest BCUT2D eigenvalue weighted by molar-refractivity contribution is 4.62. The van der Waals surface area contributed by atoms with E-state index in [4.69, 9.17) is 4.74 Å². The molecule has 0 fully saturated rings. The second kappa shape index (κ2) is 15.9. The summed E-state index contributed by atoms with van der Waals surface area (Å²) in [5, 5.41) is 0. The Balaban J connectivity index is 0. The average Bonchev–Trinajstić information content (AvgIpc) is 1.88. The van der Waals surface area contributed by atoms with Crippen molar-refractivity contribution >= 4 is 0 Å². The van der Waals surface area contributed by atoms with Crippen molar-refractivity contribution in [2.75, 3.05) is 13.2 Å². The van der Waals surface area contributed by atoms with Crippen LogP contribution in [0.1, 0.15) is 20.8 Å². The molecule has 0 aliphatic carbocycles.